The van der Waals surface area contributed by atoms with E-state index in [4.69, 9.17) is 5.73 Å². The first-order valence-electron chi connectivity index (χ1n) is 6.85. The molecule has 1 aliphatic rings. The standard InChI is InChI=1S/C15H22N2O.ClH/c16-15(18)14-6-4-12(5-7-14)2-1-3-13-8-10-17-11-9-13;/h4-7,13,17H,1-3,8-11H2,(H2,16,18);1H. The molecule has 1 aromatic rings. The van der Waals surface area contributed by atoms with E-state index >= 15 is 0 Å². The number of benzene rings is 1. The number of carbonyl (C=O) groups is 1. The Morgan fingerprint density at radius 2 is 1.84 bits per heavy atom. The second-order valence-corrected chi connectivity index (χ2v) is 5.15. The van der Waals surface area contributed by atoms with Crippen LogP contribution in [0.25, 0.3) is 0 Å². The van der Waals surface area contributed by atoms with E-state index < -0.39 is 0 Å². The molecule has 0 aliphatic carbocycles. The molecule has 19 heavy (non-hydrogen) atoms. The first-order chi connectivity index (χ1) is 8.75. The lowest BCUT2D eigenvalue weighted by atomic mass is 9.91. The summed E-state index contributed by atoms with van der Waals surface area (Å²) < 4.78 is 0. The third kappa shape index (κ3) is 5.21. The van der Waals surface area contributed by atoms with Crippen LogP contribution in [0.5, 0.6) is 0 Å². The average Bonchev–Trinajstić information content (AvgIpc) is 2.40. The summed E-state index contributed by atoms with van der Waals surface area (Å²) in [5.74, 6) is 0.549. The highest BCUT2D eigenvalue weighted by Gasteiger charge is 2.12. The Balaban J connectivity index is 0.00000180. The minimum atomic E-state index is -0.351. The molecule has 3 N–H and O–H groups in total. The van der Waals surface area contributed by atoms with Gasteiger partial charge in [0.25, 0.3) is 0 Å². The third-order valence-electron chi connectivity index (χ3n) is 3.78. The lowest BCUT2D eigenvalue weighted by molar-refractivity contribution is 0.100. The van der Waals surface area contributed by atoms with Gasteiger partial charge >= 0.3 is 0 Å². The molecule has 1 amide bonds. The van der Waals surface area contributed by atoms with Crippen LogP contribution in [0.2, 0.25) is 0 Å². The number of primary amides is 1. The van der Waals surface area contributed by atoms with Gasteiger partial charge < -0.3 is 11.1 Å². The number of piperidine rings is 1. The summed E-state index contributed by atoms with van der Waals surface area (Å²) in [4.78, 5) is 10.9. The van der Waals surface area contributed by atoms with Crippen LogP contribution in [0.3, 0.4) is 0 Å². The summed E-state index contributed by atoms with van der Waals surface area (Å²) in [5, 5.41) is 3.40. The monoisotopic (exact) mass is 282 g/mol. The van der Waals surface area contributed by atoms with Crippen LogP contribution in [0.4, 0.5) is 0 Å². The van der Waals surface area contributed by atoms with Gasteiger partial charge in [-0.05, 0) is 62.4 Å². The van der Waals surface area contributed by atoms with E-state index in [1.165, 1.54) is 44.3 Å². The number of rotatable bonds is 5. The topological polar surface area (TPSA) is 55.1 Å². The molecule has 4 heteroatoms. The molecule has 0 aromatic heterocycles. The molecule has 1 fully saturated rings. The van der Waals surface area contributed by atoms with E-state index in [-0.39, 0.29) is 18.3 Å². The second-order valence-electron chi connectivity index (χ2n) is 5.15. The fraction of sp³-hybridized carbons (Fsp3) is 0.533. The minimum Gasteiger partial charge on any atom is -0.366 e. The maximum absolute atomic E-state index is 10.9. The molecule has 1 heterocycles. The van der Waals surface area contributed by atoms with Gasteiger partial charge in [0.05, 0.1) is 0 Å². The van der Waals surface area contributed by atoms with E-state index in [1.54, 1.807) is 0 Å². The summed E-state index contributed by atoms with van der Waals surface area (Å²) in [5.41, 5.74) is 7.11. The molecule has 106 valence electrons. The van der Waals surface area contributed by atoms with Crippen molar-refractivity contribution in [3.8, 4) is 0 Å². The number of halogens is 1. The van der Waals surface area contributed by atoms with Crippen molar-refractivity contribution in [2.45, 2.75) is 32.1 Å². The maximum atomic E-state index is 10.9. The van der Waals surface area contributed by atoms with Crippen molar-refractivity contribution in [1.82, 2.24) is 5.32 Å². The number of hydrogen-bond donors (Lipinski definition) is 2. The second kappa shape index (κ2) is 8.18. The molecular weight excluding hydrogens is 260 g/mol. The van der Waals surface area contributed by atoms with Crippen LogP contribution < -0.4 is 11.1 Å². The molecule has 0 atom stereocenters. The fourth-order valence-electron chi connectivity index (χ4n) is 2.60. The zero-order valence-corrected chi connectivity index (χ0v) is 12.0. The molecule has 0 radical (unpaired) electrons. The summed E-state index contributed by atoms with van der Waals surface area (Å²) >= 11 is 0. The first-order valence-corrected chi connectivity index (χ1v) is 6.85. The predicted molar refractivity (Wildman–Crippen MR) is 80.7 cm³/mol. The molecule has 1 aromatic carbocycles. The van der Waals surface area contributed by atoms with Gasteiger partial charge in [-0.15, -0.1) is 12.4 Å². The molecule has 3 nitrogen and oxygen atoms in total. The van der Waals surface area contributed by atoms with Crippen LogP contribution in [0, 0.1) is 5.92 Å². The normalized spacial score (nSPS) is 15.8. The smallest absolute Gasteiger partial charge is 0.248 e. The highest BCUT2D eigenvalue weighted by Crippen LogP contribution is 2.19. The van der Waals surface area contributed by atoms with Crippen molar-refractivity contribution < 1.29 is 4.79 Å². The van der Waals surface area contributed by atoms with Gasteiger partial charge in [0, 0.05) is 5.56 Å². The molecule has 0 bridgehead atoms. The maximum Gasteiger partial charge on any atom is 0.248 e. The van der Waals surface area contributed by atoms with Gasteiger partial charge in [-0.2, -0.15) is 0 Å². The van der Waals surface area contributed by atoms with Crippen molar-refractivity contribution in [2.24, 2.45) is 11.7 Å². The molecule has 0 unspecified atom stereocenters. The zero-order valence-electron chi connectivity index (χ0n) is 11.2. The number of nitrogens with two attached hydrogens (primary N) is 1. The van der Waals surface area contributed by atoms with Crippen LogP contribution >= 0.6 is 12.4 Å². The van der Waals surface area contributed by atoms with Crippen molar-refractivity contribution in [2.75, 3.05) is 13.1 Å². The van der Waals surface area contributed by atoms with E-state index in [2.05, 4.69) is 5.32 Å². The number of aryl methyl sites for hydroxylation is 1. The van der Waals surface area contributed by atoms with Crippen molar-refractivity contribution in [3.05, 3.63) is 35.4 Å². The van der Waals surface area contributed by atoms with Crippen molar-refractivity contribution in [1.29, 1.82) is 0 Å². The van der Waals surface area contributed by atoms with E-state index in [0.717, 1.165) is 12.3 Å². The van der Waals surface area contributed by atoms with Crippen molar-refractivity contribution >= 4 is 18.3 Å². The number of carbonyl (C=O) groups excluding carboxylic acids is 1. The Kier molecular flexibility index (Phi) is 6.89. The summed E-state index contributed by atoms with van der Waals surface area (Å²) in [7, 11) is 0. The highest BCUT2D eigenvalue weighted by molar-refractivity contribution is 5.92. The van der Waals surface area contributed by atoms with E-state index in [1.807, 2.05) is 24.3 Å². The highest BCUT2D eigenvalue weighted by atomic mass is 35.5. The Bertz CT molecular complexity index is 386. The molecule has 2 rings (SSSR count). The van der Waals surface area contributed by atoms with Crippen molar-refractivity contribution in [3.63, 3.8) is 0 Å². The SMILES string of the molecule is Cl.NC(=O)c1ccc(CCCC2CCNCC2)cc1. The minimum absolute atomic E-state index is 0. The number of nitrogens with one attached hydrogen (secondary N) is 1. The number of amides is 1. The lowest BCUT2D eigenvalue weighted by Gasteiger charge is -2.22. The predicted octanol–water partition coefficient (Wildman–Crippen LogP) is 2.53. The Labute approximate surface area is 121 Å². The average molecular weight is 283 g/mol. The Morgan fingerprint density at radius 1 is 1.21 bits per heavy atom. The van der Waals surface area contributed by atoms with Gasteiger partial charge in [-0.3, -0.25) is 4.79 Å². The Hall–Kier alpha value is -1.06. The molecule has 0 spiro atoms. The molecule has 0 saturated carbocycles. The zero-order chi connectivity index (χ0) is 12.8. The fourth-order valence-corrected chi connectivity index (χ4v) is 2.60. The van der Waals surface area contributed by atoms with Gasteiger partial charge in [-0.1, -0.05) is 18.6 Å². The van der Waals surface area contributed by atoms with Crippen LogP contribution in [-0.2, 0) is 6.42 Å². The quantitative estimate of drug-likeness (QED) is 0.872. The van der Waals surface area contributed by atoms with E-state index in [0.29, 0.717) is 5.56 Å². The van der Waals surface area contributed by atoms with E-state index in [9.17, 15) is 4.79 Å². The van der Waals surface area contributed by atoms with Crippen LogP contribution in [-0.4, -0.2) is 19.0 Å². The largest absolute Gasteiger partial charge is 0.366 e. The van der Waals surface area contributed by atoms with Gasteiger partial charge in [0.15, 0.2) is 0 Å². The summed E-state index contributed by atoms with van der Waals surface area (Å²) in [6, 6.07) is 7.68. The molecular formula is C15H23ClN2O. The first kappa shape index (κ1) is 16.0. The summed E-state index contributed by atoms with van der Waals surface area (Å²) in [6.07, 6.45) is 6.30. The van der Waals surface area contributed by atoms with Gasteiger partial charge in [0.2, 0.25) is 5.91 Å². The summed E-state index contributed by atoms with van der Waals surface area (Å²) in [6.45, 7) is 2.36. The van der Waals surface area contributed by atoms with Gasteiger partial charge in [-0.25, -0.2) is 0 Å². The third-order valence-corrected chi connectivity index (χ3v) is 3.78. The Morgan fingerprint density at radius 3 is 2.42 bits per heavy atom. The molecule has 1 aliphatic heterocycles. The number of hydrogen-bond acceptors (Lipinski definition) is 2. The van der Waals surface area contributed by atoms with Crippen LogP contribution in [0.1, 0.15) is 41.6 Å². The lowest BCUT2D eigenvalue weighted by Crippen LogP contribution is -2.27. The van der Waals surface area contributed by atoms with Crippen LogP contribution in [0.15, 0.2) is 24.3 Å². The molecule has 1 saturated heterocycles. The van der Waals surface area contributed by atoms with Gasteiger partial charge in [0.1, 0.15) is 0 Å².